The van der Waals surface area contributed by atoms with E-state index < -0.39 is 10.0 Å². The zero-order valence-corrected chi connectivity index (χ0v) is 12.6. The first-order valence-corrected chi connectivity index (χ1v) is 8.51. The van der Waals surface area contributed by atoms with Crippen LogP contribution in [0.2, 0.25) is 0 Å². The van der Waals surface area contributed by atoms with Crippen LogP contribution in [-0.2, 0) is 16.6 Å². The van der Waals surface area contributed by atoms with Gasteiger partial charge >= 0.3 is 0 Å². The molecule has 0 radical (unpaired) electrons. The summed E-state index contributed by atoms with van der Waals surface area (Å²) in [7, 11) is -3.57. The molecule has 0 amide bonds. The SMILES string of the molecule is CCn1cc(S(=O)(=O)NCCC2=CCCCC2)c(N)n1. The number of anilines is 1. The molecule has 112 valence electrons. The molecule has 0 aliphatic heterocycles. The van der Waals surface area contributed by atoms with E-state index in [-0.39, 0.29) is 10.7 Å². The third kappa shape index (κ3) is 3.61. The van der Waals surface area contributed by atoms with Crippen LogP contribution in [0.5, 0.6) is 0 Å². The molecular weight excluding hydrogens is 276 g/mol. The molecule has 0 spiro atoms. The van der Waals surface area contributed by atoms with Gasteiger partial charge in [0, 0.05) is 19.3 Å². The van der Waals surface area contributed by atoms with E-state index in [0.717, 1.165) is 19.3 Å². The molecule has 1 aromatic heterocycles. The highest BCUT2D eigenvalue weighted by Crippen LogP contribution is 2.20. The largest absolute Gasteiger partial charge is 0.381 e. The summed E-state index contributed by atoms with van der Waals surface area (Å²) in [6, 6.07) is 0. The van der Waals surface area contributed by atoms with Crippen molar-refractivity contribution in [2.45, 2.75) is 50.5 Å². The molecule has 0 aromatic carbocycles. The minimum Gasteiger partial charge on any atom is -0.381 e. The topological polar surface area (TPSA) is 90.0 Å². The number of hydrogen-bond donors (Lipinski definition) is 2. The lowest BCUT2D eigenvalue weighted by molar-refractivity contribution is 0.579. The maximum atomic E-state index is 12.2. The molecule has 20 heavy (non-hydrogen) atoms. The highest BCUT2D eigenvalue weighted by molar-refractivity contribution is 7.89. The van der Waals surface area contributed by atoms with E-state index in [0.29, 0.717) is 13.1 Å². The van der Waals surface area contributed by atoms with Gasteiger partial charge in [-0.25, -0.2) is 13.1 Å². The van der Waals surface area contributed by atoms with Gasteiger partial charge in [-0.05, 0) is 39.0 Å². The second-order valence-electron chi connectivity index (χ2n) is 4.99. The van der Waals surface area contributed by atoms with Crippen molar-refractivity contribution in [1.82, 2.24) is 14.5 Å². The van der Waals surface area contributed by atoms with Crippen LogP contribution in [0.15, 0.2) is 22.7 Å². The van der Waals surface area contributed by atoms with Crippen molar-refractivity contribution in [3.05, 3.63) is 17.8 Å². The second-order valence-corrected chi connectivity index (χ2v) is 6.73. The van der Waals surface area contributed by atoms with Gasteiger partial charge in [-0.2, -0.15) is 5.10 Å². The summed E-state index contributed by atoms with van der Waals surface area (Å²) in [5.74, 6) is 0.0521. The molecule has 0 fully saturated rings. The predicted molar refractivity (Wildman–Crippen MR) is 78.7 cm³/mol. The van der Waals surface area contributed by atoms with E-state index in [1.165, 1.54) is 29.3 Å². The van der Waals surface area contributed by atoms with Crippen LogP contribution in [0.25, 0.3) is 0 Å². The molecule has 1 aliphatic carbocycles. The quantitative estimate of drug-likeness (QED) is 0.781. The summed E-state index contributed by atoms with van der Waals surface area (Å²) >= 11 is 0. The molecule has 0 saturated carbocycles. The van der Waals surface area contributed by atoms with E-state index in [2.05, 4.69) is 15.9 Å². The number of hydrogen-bond acceptors (Lipinski definition) is 4. The van der Waals surface area contributed by atoms with Gasteiger partial charge in [0.05, 0.1) is 0 Å². The zero-order valence-electron chi connectivity index (χ0n) is 11.8. The van der Waals surface area contributed by atoms with Crippen molar-refractivity contribution < 1.29 is 8.42 Å². The smallest absolute Gasteiger partial charge is 0.245 e. The molecule has 2 rings (SSSR count). The maximum absolute atomic E-state index is 12.2. The fourth-order valence-electron chi connectivity index (χ4n) is 2.34. The number of aromatic nitrogens is 2. The Morgan fingerprint density at radius 3 is 2.85 bits per heavy atom. The first-order valence-electron chi connectivity index (χ1n) is 7.03. The number of nitrogen functional groups attached to an aromatic ring is 1. The summed E-state index contributed by atoms with van der Waals surface area (Å²) < 4.78 is 28.4. The number of allylic oxidation sites excluding steroid dienone is 1. The number of nitrogens with two attached hydrogens (primary N) is 1. The predicted octanol–water partition coefficient (Wildman–Crippen LogP) is 1.65. The lowest BCUT2D eigenvalue weighted by Gasteiger charge is -2.12. The van der Waals surface area contributed by atoms with Crippen molar-refractivity contribution in [1.29, 1.82) is 0 Å². The Labute approximate surface area is 120 Å². The van der Waals surface area contributed by atoms with Crippen molar-refractivity contribution in [2.75, 3.05) is 12.3 Å². The second kappa shape index (κ2) is 6.41. The highest BCUT2D eigenvalue weighted by Gasteiger charge is 2.20. The van der Waals surface area contributed by atoms with Crippen LogP contribution < -0.4 is 10.5 Å². The Bertz CT molecular complexity index is 590. The first-order chi connectivity index (χ1) is 9.53. The molecule has 0 bridgehead atoms. The van der Waals surface area contributed by atoms with Gasteiger partial charge in [0.25, 0.3) is 0 Å². The van der Waals surface area contributed by atoms with Gasteiger partial charge in [0.1, 0.15) is 4.90 Å². The number of nitrogens with one attached hydrogen (secondary N) is 1. The number of rotatable bonds is 6. The van der Waals surface area contributed by atoms with E-state index in [4.69, 9.17) is 5.73 Å². The third-order valence-corrected chi connectivity index (χ3v) is 4.97. The monoisotopic (exact) mass is 298 g/mol. The van der Waals surface area contributed by atoms with E-state index in [1.807, 2.05) is 6.92 Å². The van der Waals surface area contributed by atoms with Gasteiger partial charge in [-0.3, -0.25) is 4.68 Å². The Morgan fingerprint density at radius 1 is 1.45 bits per heavy atom. The van der Waals surface area contributed by atoms with Crippen LogP contribution in [0.3, 0.4) is 0 Å². The van der Waals surface area contributed by atoms with Crippen LogP contribution in [0, 0.1) is 0 Å². The van der Waals surface area contributed by atoms with Crippen LogP contribution >= 0.6 is 0 Å². The minimum absolute atomic E-state index is 0.0521. The van der Waals surface area contributed by atoms with Crippen LogP contribution in [-0.4, -0.2) is 24.7 Å². The third-order valence-electron chi connectivity index (χ3n) is 3.49. The Balaban J connectivity index is 1.96. The Hall–Kier alpha value is -1.34. The van der Waals surface area contributed by atoms with Gasteiger partial charge in [0.15, 0.2) is 5.82 Å². The molecule has 6 nitrogen and oxygen atoms in total. The number of sulfonamides is 1. The summed E-state index contributed by atoms with van der Waals surface area (Å²) in [6.45, 7) is 2.88. The Kier molecular flexibility index (Phi) is 4.82. The highest BCUT2D eigenvalue weighted by atomic mass is 32.2. The minimum atomic E-state index is -3.57. The summed E-state index contributed by atoms with van der Waals surface area (Å²) in [5, 5.41) is 3.96. The average molecular weight is 298 g/mol. The molecule has 1 aromatic rings. The standard InChI is InChI=1S/C13H22N4O2S/c1-2-17-10-12(13(14)16-17)20(18,19)15-9-8-11-6-4-3-5-7-11/h6,10,15H,2-5,7-9H2,1H3,(H2,14,16). The maximum Gasteiger partial charge on any atom is 0.245 e. The summed E-state index contributed by atoms with van der Waals surface area (Å²) in [4.78, 5) is 0.0666. The lowest BCUT2D eigenvalue weighted by Crippen LogP contribution is -2.25. The van der Waals surface area contributed by atoms with Crippen LogP contribution in [0.4, 0.5) is 5.82 Å². The molecule has 0 saturated heterocycles. The molecule has 7 heteroatoms. The molecule has 0 atom stereocenters. The fourth-order valence-corrected chi connectivity index (χ4v) is 3.45. The van der Waals surface area contributed by atoms with Crippen LogP contribution in [0.1, 0.15) is 39.0 Å². The lowest BCUT2D eigenvalue weighted by atomic mass is 9.97. The fraction of sp³-hybridized carbons (Fsp3) is 0.615. The van der Waals surface area contributed by atoms with E-state index in [9.17, 15) is 8.42 Å². The molecule has 0 unspecified atom stereocenters. The van der Waals surface area contributed by atoms with E-state index in [1.54, 1.807) is 0 Å². The molecule has 1 heterocycles. The van der Waals surface area contributed by atoms with E-state index >= 15 is 0 Å². The van der Waals surface area contributed by atoms with Crippen molar-refractivity contribution in [2.24, 2.45) is 0 Å². The van der Waals surface area contributed by atoms with Gasteiger partial charge in [-0.15, -0.1) is 0 Å². The van der Waals surface area contributed by atoms with Gasteiger partial charge in [-0.1, -0.05) is 11.6 Å². The Morgan fingerprint density at radius 2 is 2.25 bits per heavy atom. The summed E-state index contributed by atoms with van der Waals surface area (Å²) in [6.07, 6.45) is 9.09. The van der Waals surface area contributed by atoms with Crippen molar-refractivity contribution >= 4 is 15.8 Å². The summed E-state index contributed by atoms with van der Waals surface area (Å²) in [5.41, 5.74) is 7.00. The molecule has 1 aliphatic rings. The first kappa shape index (κ1) is 15.1. The number of nitrogens with zero attached hydrogens (tertiary/aromatic N) is 2. The van der Waals surface area contributed by atoms with Gasteiger partial charge < -0.3 is 5.73 Å². The zero-order chi connectivity index (χ0) is 14.6. The normalized spacial score (nSPS) is 16.1. The molecule has 3 N–H and O–H groups in total. The average Bonchev–Trinajstić information content (AvgIpc) is 2.82. The van der Waals surface area contributed by atoms with Gasteiger partial charge in [0.2, 0.25) is 10.0 Å². The number of aryl methyl sites for hydroxylation is 1. The van der Waals surface area contributed by atoms with Crippen molar-refractivity contribution in [3.63, 3.8) is 0 Å². The molecular formula is C13H22N4O2S. The van der Waals surface area contributed by atoms with Crippen molar-refractivity contribution in [3.8, 4) is 0 Å².